The predicted molar refractivity (Wildman–Crippen MR) is 211 cm³/mol. The molecule has 0 bridgehead atoms. The Labute approximate surface area is 294 Å². The molecule has 0 radical (unpaired) electrons. The molecule has 0 spiro atoms. The van der Waals surface area contributed by atoms with Crippen molar-refractivity contribution < 1.29 is 0 Å². The van der Waals surface area contributed by atoms with Gasteiger partial charge in [0, 0.05) is 34.1 Å². The van der Waals surface area contributed by atoms with Gasteiger partial charge in [0.25, 0.3) is 0 Å². The number of allylic oxidation sites excluding steroid dienone is 7. The maximum absolute atomic E-state index is 2.54. The summed E-state index contributed by atoms with van der Waals surface area (Å²) in [5, 5.41) is 1.36. The lowest BCUT2D eigenvalue weighted by Gasteiger charge is -2.29. The van der Waals surface area contributed by atoms with Gasteiger partial charge >= 0.3 is 0 Å². The van der Waals surface area contributed by atoms with E-state index < -0.39 is 0 Å². The second kappa shape index (κ2) is 11.9. The molecule has 4 aliphatic rings. The second-order valence-electron chi connectivity index (χ2n) is 13.9. The topological polar surface area (TPSA) is 8.17 Å². The zero-order valence-corrected chi connectivity index (χ0v) is 28.0. The Morgan fingerprint density at radius 1 is 0.560 bits per heavy atom. The van der Waals surface area contributed by atoms with Gasteiger partial charge in [-0.25, -0.2) is 0 Å². The molecule has 2 unspecified atom stereocenters. The molecule has 0 fully saturated rings. The smallest absolute Gasteiger partial charge is 0.0629 e. The third-order valence-corrected chi connectivity index (χ3v) is 11.0. The minimum Gasteiger partial charge on any atom is -0.333 e. The number of hydrogen-bond acceptors (Lipinski definition) is 1. The van der Waals surface area contributed by atoms with Gasteiger partial charge in [-0.3, -0.25) is 0 Å². The van der Waals surface area contributed by atoms with E-state index in [4.69, 9.17) is 0 Å². The summed E-state index contributed by atoms with van der Waals surface area (Å²) in [7, 11) is 0. The first-order valence-corrected chi connectivity index (χ1v) is 18.1. The summed E-state index contributed by atoms with van der Waals surface area (Å²) in [5.74, 6) is 0.305. The molecule has 2 nitrogen and oxygen atoms in total. The van der Waals surface area contributed by atoms with E-state index >= 15 is 0 Å². The zero-order valence-electron chi connectivity index (χ0n) is 28.0. The first-order valence-electron chi connectivity index (χ1n) is 18.1. The molecule has 2 atom stereocenters. The van der Waals surface area contributed by atoms with E-state index in [-0.39, 0.29) is 6.04 Å². The normalized spacial score (nSPS) is 18.6. The van der Waals surface area contributed by atoms with Gasteiger partial charge in [-0.1, -0.05) is 115 Å². The Kier molecular flexibility index (Phi) is 6.94. The maximum atomic E-state index is 2.54. The van der Waals surface area contributed by atoms with Gasteiger partial charge in [0.2, 0.25) is 0 Å². The van der Waals surface area contributed by atoms with Crippen molar-refractivity contribution in [2.45, 2.75) is 37.6 Å². The molecule has 3 aliphatic carbocycles. The van der Waals surface area contributed by atoms with Crippen LogP contribution in [0.2, 0.25) is 0 Å². The number of nitrogens with zero attached hydrogens (tertiary/aromatic N) is 2. The van der Waals surface area contributed by atoms with Crippen LogP contribution in [0, 0.1) is 0 Å². The lowest BCUT2D eigenvalue weighted by molar-refractivity contribution is 0.745. The molecule has 2 heteroatoms. The van der Waals surface area contributed by atoms with Gasteiger partial charge < -0.3 is 9.47 Å². The number of hydrogen-bond donors (Lipinski definition) is 0. The van der Waals surface area contributed by atoms with Gasteiger partial charge in [-0.2, -0.15) is 0 Å². The summed E-state index contributed by atoms with van der Waals surface area (Å²) in [4.78, 5) is 2.54. The largest absolute Gasteiger partial charge is 0.333 e. The zero-order chi connectivity index (χ0) is 33.0. The molecular formula is C48H38N2. The highest BCUT2D eigenvalue weighted by Crippen LogP contribution is 2.49. The van der Waals surface area contributed by atoms with Crippen LogP contribution in [0.15, 0.2) is 164 Å². The number of aryl methyl sites for hydroxylation is 1. The minimum absolute atomic E-state index is 0.252. The molecule has 0 N–H and O–H groups in total. The molecule has 0 saturated heterocycles. The van der Waals surface area contributed by atoms with Crippen molar-refractivity contribution in [3.8, 4) is 27.9 Å². The van der Waals surface area contributed by atoms with Crippen LogP contribution in [0.5, 0.6) is 0 Å². The van der Waals surface area contributed by atoms with Crippen LogP contribution in [0.1, 0.15) is 47.6 Å². The highest BCUT2D eigenvalue weighted by Gasteiger charge is 2.37. The van der Waals surface area contributed by atoms with Gasteiger partial charge in [-0.15, -0.1) is 0 Å². The molecular weight excluding hydrogens is 605 g/mol. The number of rotatable bonds is 5. The van der Waals surface area contributed by atoms with Crippen LogP contribution in [-0.4, -0.2) is 10.6 Å². The van der Waals surface area contributed by atoms with Crippen molar-refractivity contribution in [2.24, 2.45) is 0 Å². The van der Waals surface area contributed by atoms with Crippen LogP contribution < -0.4 is 4.90 Å². The second-order valence-corrected chi connectivity index (χ2v) is 13.9. The number of benzene rings is 5. The summed E-state index contributed by atoms with van der Waals surface area (Å²) in [6, 6.07) is 43.3. The summed E-state index contributed by atoms with van der Waals surface area (Å²) >= 11 is 0. The highest BCUT2D eigenvalue weighted by molar-refractivity contribution is 5.94. The molecule has 10 rings (SSSR count). The number of aromatic nitrogens is 1. The molecule has 0 saturated carbocycles. The molecule has 5 aromatic carbocycles. The van der Waals surface area contributed by atoms with Crippen molar-refractivity contribution in [3.05, 3.63) is 186 Å². The van der Waals surface area contributed by atoms with Gasteiger partial charge in [0.1, 0.15) is 0 Å². The molecule has 2 heterocycles. The van der Waals surface area contributed by atoms with Crippen molar-refractivity contribution >= 4 is 33.9 Å². The summed E-state index contributed by atoms with van der Waals surface area (Å²) in [6.07, 6.45) is 25.2. The quantitative estimate of drug-likeness (QED) is 0.182. The third-order valence-electron chi connectivity index (χ3n) is 11.0. The van der Waals surface area contributed by atoms with Gasteiger partial charge in [0.05, 0.1) is 11.6 Å². The lowest BCUT2D eigenvalue weighted by Crippen LogP contribution is -2.28. The number of fused-ring (bicyclic) bond motifs is 6. The van der Waals surface area contributed by atoms with Gasteiger partial charge in [0.15, 0.2) is 0 Å². The fraction of sp³-hybridized carbons (Fsp3) is 0.125. The molecule has 50 heavy (non-hydrogen) atoms. The fourth-order valence-electron chi connectivity index (χ4n) is 8.63. The van der Waals surface area contributed by atoms with Crippen molar-refractivity contribution in [2.75, 3.05) is 4.90 Å². The van der Waals surface area contributed by atoms with E-state index in [1.165, 1.54) is 78.2 Å². The molecule has 1 aliphatic heterocycles. The van der Waals surface area contributed by atoms with E-state index in [0.717, 1.165) is 25.7 Å². The van der Waals surface area contributed by atoms with Crippen molar-refractivity contribution in [1.82, 2.24) is 4.57 Å². The van der Waals surface area contributed by atoms with Crippen LogP contribution in [0.25, 0.3) is 50.5 Å². The monoisotopic (exact) mass is 642 g/mol. The van der Waals surface area contributed by atoms with E-state index in [1.807, 2.05) is 0 Å². The Hall–Kier alpha value is -5.86. The average Bonchev–Trinajstić information content (AvgIpc) is 3.71. The first kappa shape index (κ1) is 29.1. The Morgan fingerprint density at radius 2 is 1.32 bits per heavy atom. The van der Waals surface area contributed by atoms with Crippen LogP contribution in [0.3, 0.4) is 0 Å². The molecule has 240 valence electrons. The Bertz CT molecular complexity index is 2450. The Balaban J connectivity index is 1.06. The van der Waals surface area contributed by atoms with E-state index in [0.29, 0.717) is 5.92 Å². The van der Waals surface area contributed by atoms with Crippen molar-refractivity contribution in [1.29, 1.82) is 0 Å². The van der Waals surface area contributed by atoms with E-state index in [2.05, 4.69) is 179 Å². The third kappa shape index (κ3) is 4.78. The van der Waals surface area contributed by atoms with Crippen LogP contribution >= 0.6 is 0 Å². The van der Waals surface area contributed by atoms with Crippen LogP contribution in [-0.2, 0) is 6.42 Å². The standard InChI is InChI=1S/C48H38N2/c1-3-13-33(14-4-1)35-17-11-19-39(29-35)49-45-23-9-7-21-41(45)43-31-37(25-27-47(43)49)38-26-28-48-44(32-38)42-22-8-10-24-46(42)50(48)40-20-12-18-36(30-40)34-15-5-2-6-16-34/h1,3-5,7,9-21,23-32,41,45H,2,6,8,22H2. The maximum Gasteiger partial charge on any atom is 0.0629 e. The fourth-order valence-corrected chi connectivity index (χ4v) is 8.63. The molecule has 6 aromatic rings. The molecule has 1 aromatic heterocycles. The van der Waals surface area contributed by atoms with Gasteiger partial charge in [-0.05, 0) is 125 Å². The van der Waals surface area contributed by atoms with E-state index in [9.17, 15) is 0 Å². The molecule has 0 amide bonds. The van der Waals surface area contributed by atoms with Crippen LogP contribution in [0.4, 0.5) is 11.4 Å². The lowest BCUT2D eigenvalue weighted by atomic mass is 9.89. The average molecular weight is 643 g/mol. The minimum atomic E-state index is 0.252. The van der Waals surface area contributed by atoms with Crippen molar-refractivity contribution in [3.63, 3.8) is 0 Å². The predicted octanol–water partition coefficient (Wildman–Crippen LogP) is 12.4. The first-order chi connectivity index (χ1) is 24.8. The van der Waals surface area contributed by atoms with E-state index in [1.54, 1.807) is 0 Å². The Morgan fingerprint density at radius 3 is 2.22 bits per heavy atom. The SMILES string of the molecule is C1=CC2c3cc(-c4ccc5c(c4)c4c(n5-c5cccc(C6=CCCC=C6)c5)C=CCC4)ccc3N(c3cccc(-c4ccccc4)c3)C2C=C1. The summed E-state index contributed by atoms with van der Waals surface area (Å²) in [6.45, 7) is 0. The summed E-state index contributed by atoms with van der Waals surface area (Å²) < 4.78 is 2.48. The number of anilines is 2. The highest BCUT2D eigenvalue weighted by atomic mass is 15.2. The summed E-state index contributed by atoms with van der Waals surface area (Å²) in [5.41, 5.74) is 16.8.